The molecule has 0 aliphatic rings. The van der Waals surface area contributed by atoms with Gasteiger partial charge in [0.1, 0.15) is 5.75 Å². The van der Waals surface area contributed by atoms with Crippen molar-refractivity contribution >= 4 is 5.91 Å². The molecule has 96 valence electrons. The number of rotatable bonds is 5. The molecule has 0 saturated heterocycles. The lowest BCUT2D eigenvalue weighted by Crippen LogP contribution is -2.42. The number of ether oxygens (including phenoxy) is 1. The average molecular weight is 247 g/mol. The topological polar surface area (TPSA) is 88.1 Å². The van der Waals surface area contributed by atoms with Crippen molar-refractivity contribution in [3.8, 4) is 11.8 Å². The van der Waals surface area contributed by atoms with Gasteiger partial charge in [0.25, 0.3) is 5.91 Å². The molecule has 0 heterocycles. The van der Waals surface area contributed by atoms with E-state index in [-0.39, 0.29) is 5.91 Å². The Labute approximate surface area is 107 Å². The average Bonchev–Trinajstić information content (AvgIpc) is 2.39. The van der Waals surface area contributed by atoms with Crippen molar-refractivity contribution in [3.05, 3.63) is 29.3 Å². The van der Waals surface area contributed by atoms with Gasteiger partial charge in [-0.2, -0.15) is 5.26 Å². The number of benzene rings is 1. The highest BCUT2D eigenvalue weighted by molar-refractivity contribution is 5.80. The minimum Gasteiger partial charge on any atom is -0.480 e. The smallest absolute Gasteiger partial charge is 0.274 e. The van der Waals surface area contributed by atoms with Crippen LogP contribution in [0.25, 0.3) is 0 Å². The normalized spacial score (nSPS) is 11.4. The van der Waals surface area contributed by atoms with Gasteiger partial charge in [-0.3, -0.25) is 10.2 Å². The van der Waals surface area contributed by atoms with E-state index in [9.17, 15) is 4.79 Å². The molecular formula is C13H17N3O2. The number of nitriles is 1. The first kappa shape index (κ1) is 14.0. The van der Waals surface area contributed by atoms with E-state index in [1.807, 2.05) is 19.9 Å². The Morgan fingerprint density at radius 3 is 2.89 bits per heavy atom. The van der Waals surface area contributed by atoms with Crippen LogP contribution in [0, 0.1) is 18.3 Å². The second kappa shape index (κ2) is 6.62. The van der Waals surface area contributed by atoms with Crippen LogP contribution in [-0.4, -0.2) is 12.0 Å². The summed E-state index contributed by atoms with van der Waals surface area (Å²) >= 11 is 0. The molecule has 5 nitrogen and oxygen atoms in total. The van der Waals surface area contributed by atoms with Crippen molar-refractivity contribution in [2.75, 3.05) is 0 Å². The van der Waals surface area contributed by atoms with Crippen molar-refractivity contribution in [3.63, 3.8) is 0 Å². The number of carbonyl (C=O) groups excluding carboxylic acids is 1. The zero-order valence-corrected chi connectivity index (χ0v) is 10.6. The SMILES string of the molecule is CCCC(Oc1cc(C#N)ccc1C)C(=O)NN. The van der Waals surface area contributed by atoms with Gasteiger partial charge in [0.05, 0.1) is 11.6 Å². The number of hydrogen-bond donors (Lipinski definition) is 2. The number of carbonyl (C=O) groups is 1. The largest absolute Gasteiger partial charge is 0.480 e. The zero-order valence-electron chi connectivity index (χ0n) is 10.6. The Hall–Kier alpha value is -2.06. The molecule has 18 heavy (non-hydrogen) atoms. The third-order valence-electron chi connectivity index (χ3n) is 2.57. The van der Waals surface area contributed by atoms with Gasteiger partial charge in [-0.15, -0.1) is 0 Å². The van der Waals surface area contributed by atoms with Crippen LogP contribution in [0.3, 0.4) is 0 Å². The van der Waals surface area contributed by atoms with Crippen molar-refractivity contribution in [2.45, 2.75) is 32.8 Å². The lowest BCUT2D eigenvalue weighted by Gasteiger charge is -2.18. The van der Waals surface area contributed by atoms with Crippen LogP contribution in [0.4, 0.5) is 0 Å². The number of hydrogen-bond acceptors (Lipinski definition) is 4. The Morgan fingerprint density at radius 1 is 1.61 bits per heavy atom. The maximum absolute atomic E-state index is 11.5. The molecule has 1 unspecified atom stereocenters. The number of nitrogens with one attached hydrogen (secondary N) is 1. The Kier molecular flexibility index (Phi) is 5.15. The minimum absolute atomic E-state index is 0.362. The van der Waals surface area contributed by atoms with Gasteiger partial charge in [0, 0.05) is 0 Å². The number of aryl methyl sites for hydroxylation is 1. The highest BCUT2D eigenvalue weighted by Gasteiger charge is 2.19. The molecule has 0 saturated carbocycles. The molecule has 1 aromatic carbocycles. The lowest BCUT2D eigenvalue weighted by molar-refractivity contribution is -0.128. The van der Waals surface area contributed by atoms with Crippen LogP contribution in [0.5, 0.6) is 5.75 Å². The highest BCUT2D eigenvalue weighted by atomic mass is 16.5. The summed E-state index contributed by atoms with van der Waals surface area (Å²) in [6.07, 6.45) is 0.738. The standard InChI is InChI=1S/C13H17N3O2/c1-3-4-11(13(17)16-15)18-12-7-10(8-14)6-5-9(12)2/h5-7,11H,3-4,15H2,1-2H3,(H,16,17). The molecule has 0 fully saturated rings. The molecule has 0 aromatic heterocycles. The van der Waals surface area contributed by atoms with E-state index in [1.165, 1.54) is 0 Å². The van der Waals surface area contributed by atoms with Crippen LogP contribution < -0.4 is 16.0 Å². The Balaban J connectivity index is 2.93. The van der Waals surface area contributed by atoms with Crippen molar-refractivity contribution in [1.82, 2.24) is 5.43 Å². The minimum atomic E-state index is -0.632. The molecule has 3 N–H and O–H groups in total. The third-order valence-corrected chi connectivity index (χ3v) is 2.57. The van der Waals surface area contributed by atoms with Crippen molar-refractivity contribution in [1.29, 1.82) is 5.26 Å². The summed E-state index contributed by atoms with van der Waals surface area (Å²) in [4.78, 5) is 11.5. The fourth-order valence-electron chi connectivity index (χ4n) is 1.55. The summed E-state index contributed by atoms with van der Waals surface area (Å²) < 4.78 is 5.64. The van der Waals surface area contributed by atoms with Gasteiger partial charge in [-0.05, 0) is 31.0 Å². The highest BCUT2D eigenvalue weighted by Crippen LogP contribution is 2.21. The van der Waals surface area contributed by atoms with Gasteiger partial charge < -0.3 is 4.74 Å². The summed E-state index contributed by atoms with van der Waals surface area (Å²) in [6.45, 7) is 3.82. The quantitative estimate of drug-likeness (QED) is 0.467. The second-order valence-electron chi connectivity index (χ2n) is 4.00. The Bertz CT molecular complexity index is 466. The van der Waals surface area contributed by atoms with E-state index in [4.69, 9.17) is 15.8 Å². The summed E-state index contributed by atoms with van der Waals surface area (Å²) in [6, 6.07) is 7.16. The summed E-state index contributed by atoms with van der Waals surface area (Å²) in [5, 5.41) is 8.84. The van der Waals surface area contributed by atoms with E-state index in [0.29, 0.717) is 17.7 Å². The second-order valence-corrected chi connectivity index (χ2v) is 4.00. The summed E-state index contributed by atoms with van der Waals surface area (Å²) in [5.74, 6) is 5.29. The van der Waals surface area contributed by atoms with E-state index in [0.717, 1.165) is 12.0 Å². The fourth-order valence-corrected chi connectivity index (χ4v) is 1.55. The first-order chi connectivity index (χ1) is 8.62. The number of nitrogens with two attached hydrogens (primary N) is 1. The lowest BCUT2D eigenvalue weighted by atomic mass is 10.1. The first-order valence-corrected chi connectivity index (χ1v) is 5.80. The molecule has 0 radical (unpaired) electrons. The number of amides is 1. The molecule has 0 spiro atoms. The summed E-state index contributed by atoms with van der Waals surface area (Å²) in [5.41, 5.74) is 3.46. The van der Waals surface area contributed by atoms with E-state index in [2.05, 4.69) is 5.43 Å². The fraction of sp³-hybridized carbons (Fsp3) is 0.385. The first-order valence-electron chi connectivity index (χ1n) is 5.80. The molecule has 1 amide bonds. The molecule has 0 aliphatic carbocycles. The third kappa shape index (κ3) is 3.47. The molecule has 5 heteroatoms. The predicted octanol–water partition coefficient (Wildman–Crippen LogP) is 1.40. The van der Waals surface area contributed by atoms with Gasteiger partial charge in [-0.1, -0.05) is 19.4 Å². The molecule has 1 rings (SSSR count). The van der Waals surface area contributed by atoms with Gasteiger partial charge in [-0.25, -0.2) is 5.84 Å². The van der Waals surface area contributed by atoms with E-state index >= 15 is 0 Å². The number of nitrogens with zero attached hydrogens (tertiary/aromatic N) is 1. The van der Waals surface area contributed by atoms with Crippen LogP contribution in [-0.2, 0) is 4.79 Å². The Morgan fingerprint density at radius 2 is 2.33 bits per heavy atom. The van der Waals surface area contributed by atoms with Gasteiger partial charge in [0.15, 0.2) is 6.10 Å². The molecule has 1 aromatic rings. The van der Waals surface area contributed by atoms with Crippen molar-refractivity contribution < 1.29 is 9.53 Å². The summed E-state index contributed by atoms with van der Waals surface area (Å²) in [7, 11) is 0. The van der Waals surface area contributed by atoms with Crippen LogP contribution in [0.2, 0.25) is 0 Å². The molecule has 0 aliphatic heterocycles. The van der Waals surface area contributed by atoms with Gasteiger partial charge >= 0.3 is 0 Å². The van der Waals surface area contributed by atoms with Gasteiger partial charge in [0.2, 0.25) is 0 Å². The maximum Gasteiger partial charge on any atom is 0.274 e. The van der Waals surface area contributed by atoms with Crippen LogP contribution in [0.15, 0.2) is 18.2 Å². The number of hydrazine groups is 1. The zero-order chi connectivity index (χ0) is 13.5. The van der Waals surface area contributed by atoms with E-state index < -0.39 is 6.10 Å². The molecule has 0 bridgehead atoms. The molecule has 1 atom stereocenters. The van der Waals surface area contributed by atoms with E-state index in [1.54, 1.807) is 18.2 Å². The predicted molar refractivity (Wildman–Crippen MR) is 67.5 cm³/mol. The monoisotopic (exact) mass is 247 g/mol. The van der Waals surface area contributed by atoms with Crippen molar-refractivity contribution in [2.24, 2.45) is 5.84 Å². The maximum atomic E-state index is 11.5. The molecular weight excluding hydrogens is 230 g/mol. The van der Waals surface area contributed by atoms with Crippen LogP contribution >= 0.6 is 0 Å². The van der Waals surface area contributed by atoms with Crippen LogP contribution in [0.1, 0.15) is 30.9 Å².